The molecule has 0 radical (unpaired) electrons. The molecule has 0 aliphatic carbocycles. The van der Waals surface area contributed by atoms with Gasteiger partial charge in [0, 0.05) is 0 Å². The van der Waals surface area contributed by atoms with Gasteiger partial charge >= 0.3 is 29.6 Å². The summed E-state index contributed by atoms with van der Waals surface area (Å²) in [5.41, 5.74) is 0. The van der Waals surface area contributed by atoms with Crippen LogP contribution in [0.4, 0.5) is 0 Å². The van der Waals surface area contributed by atoms with Gasteiger partial charge in [-0.3, -0.25) is 0 Å². The summed E-state index contributed by atoms with van der Waals surface area (Å²) >= 11 is 0. The van der Waals surface area contributed by atoms with Crippen LogP contribution in [-0.2, 0) is 23.9 Å². The fourth-order valence-corrected chi connectivity index (χ4v) is 2.02. The van der Waals surface area contributed by atoms with E-state index in [1.54, 1.807) is 0 Å². The van der Waals surface area contributed by atoms with Crippen molar-refractivity contribution in [1.29, 1.82) is 0 Å². The molecule has 0 amide bonds. The summed E-state index contributed by atoms with van der Waals surface area (Å²) in [5.74, 6) is 0. The van der Waals surface area contributed by atoms with Gasteiger partial charge in [0.1, 0.15) is 0 Å². The molecule has 0 unspecified atom stereocenters. The molecule has 10 heavy (non-hydrogen) atoms. The van der Waals surface area contributed by atoms with Crippen molar-refractivity contribution in [2.24, 2.45) is 0 Å². The van der Waals surface area contributed by atoms with Crippen LogP contribution in [0.5, 0.6) is 0 Å². The van der Waals surface area contributed by atoms with Gasteiger partial charge in [-0.05, 0) is 0 Å². The zero-order valence-corrected chi connectivity index (χ0v) is 6.49. The average molecular weight is 198 g/mol. The predicted octanol–water partition coefficient (Wildman–Crippen LogP) is -1.73. The normalized spacial score (nSPS) is 12.2. The third-order valence-electron chi connectivity index (χ3n) is 0.247. The summed E-state index contributed by atoms with van der Waals surface area (Å²) < 4.78 is 43.8. The van der Waals surface area contributed by atoms with Crippen LogP contribution in [0, 0.1) is 0 Å². The molecule has 0 spiro atoms. The molecule has 0 rings (SSSR count). The molecular formula is C2H7NaO5S2. The summed E-state index contributed by atoms with van der Waals surface area (Å²) in [6.07, 6.45) is 1.32. The van der Waals surface area contributed by atoms with Crippen LogP contribution in [0.3, 0.4) is 0 Å². The van der Waals surface area contributed by atoms with Crippen molar-refractivity contribution in [3.8, 4) is 0 Å². The Labute approximate surface area is 82.3 Å². The van der Waals surface area contributed by atoms with Gasteiger partial charge in [0.2, 0.25) is 0 Å². The summed E-state index contributed by atoms with van der Waals surface area (Å²) in [7, 11) is -7.74. The Morgan fingerprint density at radius 2 is 1.10 bits per heavy atom. The van der Waals surface area contributed by atoms with E-state index in [1.165, 1.54) is 0 Å². The zero-order chi connectivity index (χ0) is 7.71. The maximum atomic E-state index is 10.0. The first kappa shape index (κ1) is 13.4. The Kier molecular flexibility index (Phi) is 5.42. The van der Waals surface area contributed by atoms with E-state index < -0.39 is 20.2 Å². The van der Waals surface area contributed by atoms with Gasteiger partial charge in [-0.25, -0.2) is 0 Å². The van der Waals surface area contributed by atoms with Crippen molar-refractivity contribution >= 4 is 49.8 Å². The van der Waals surface area contributed by atoms with Gasteiger partial charge in [-0.15, -0.1) is 3.63 Å². The fourth-order valence-electron chi connectivity index (χ4n) is 0.225. The summed E-state index contributed by atoms with van der Waals surface area (Å²) in [5, 5.41) is 0. The topological polar surface area (TPSA) is 77.5 Å². The Hall–Kier alpha value is 0.860. The second-order valence-electron chi connectivity index (χ2n) is 1.48. The first-order valence-electron chi connectivity index (χ1n) is 1.82. The van der Waals surface area contributed by atoms with Crippen molar-refractivity contribution in [3.05, 3.63) is 0 Å². The Bertz CT molecular complexity index is 243. The van der Waals surface area contributed by atoms with Crippen LogP contribution < -0.4 is 0 Å². The fraction of sp³-hybridized carbons (Fsp3) is 1.00. The zero-order valence-electron chi connectivity index (χ0n) is 4.86. The minimum absolute atomic E-state index is 0. The SMILES string of the molecule is CS(=O)(=O)OS(C)(=O)=O.[NaH]. The first-order chi connectivity index (χ1) is 3.71. The third-order valence-corrected chi connectivity index (χ3v) is 2.22. The Morgan fingerprint density at radius 1 is 0.900 bits per heavy atom. The number of rotatable bonds is 2. The van der Waals surface area contributed by atoms with Gasteiger partial charge in [-0.2, -0.15) is 16.8 Å². The monoisotopic (exact) mass is 198 g/mol. The molecular weight excluding hydrogens is 191 g/mol. The van der Waals surface area contributed by atoms with Crippen LogP contribution in [0.1, 0.15) is 0 Å². The van der Waals surface area contributed by atoms with Crippen molar-refractivity contribution in [2.75, 3.05) is 12.5 Å². The molecule has 0 aliphatic heterocycles. The molecule has 0 aromatic carbocycles. The average Bonchev–Trinajstić information content (AvgIpc) is 1.14. The van der Waals surface area contributed by atoms with E-state index in [2.05, 4.69) is 3.63 Å². The van der Waals surface area contributed by atoms with Gasteiger partial charge in [0.05, 0.1) is 12.5 Å². The van der Waals surface area contributed by atoms with Gasteiger partial charge in [0.25, 0.3) is 20.2 Å². The minimum atomic E-state index is -3.87. The number of hydrogen-bond donors (Lipinski definition) is 0. The van der Waals surface area contributed by atoms with Crippen molar-refractivity contribution in [1.82, 2.24) is 0 Å². The second-order valence-corrected chi connectivity index (χ2v) is 4.84. The van der Waals surface area contributed by atoms with Crippen LogP contribution >= 0.6 is 0 Å². The summed E-state index contributed by atoms with van der Waals surface area (Å²) in [6, 6.07) is 0. The first-order valence-corrected chi connectivity index (χ1v) is 5.45. The third kappa shape index (κ3) is 11.6. The standard InChI is InChI=1S/C2H6O5S2.Na.H/c1-8(3,4)7-9(2,5)6;;/h1-2H3;;. The molecule has 0 atom stereocenters. The van der Waals surface area contributed by atoms with Crippen LogP contribution in [0.2, 0.25) is 0 Å². The van der Waals surface area contributed by atoms with E-state index in [4.69, 9.17) is 0 Å². The molecule has 0 N–H and O–H groups in total. The molecule has 8 heteroatoms. The maximum absolute atomic E-state index is 10.0. The Morgan fingerprint density at radius 3 is 1.10 bits per heavy atom. The number of hydrogen-bond acceptors (Lipinski definition) is 5. The Balaban J connectivity index is 0. The summed E-state index contributed by atoms with van der Waals surface area (Å²) in [6.45, 7) is 0. The van der Waals surface area contributed by atoms with E-state index in [1.807, 2.05) is 0 Å². The van der Waals surface area contributed by atoms with Crippen molar-refractivity contribution in [3.63, 3.8) is 0 Å². The summed E-state index contributed by atoms with van der Waals surface area (Å²) in [4.78, 5) is 0. The van der Waals surface area contributed by atoms with E-state index in [0.717, 1.165) is 0 Å². The van der Waals surface area contributed by atoms with E-state index in [9.17, 15) is 16.8 Å². The molecule has 5 nitrogen and oxygen atoms in total. The van der Waals surface area contributed by atoms with Gasteiger partial charge in [0.15, 0.2) is 0 Å². The molecule has 0 aromatic rings. The molecule has 0 aromatic heterocycles. The molecule has 0 saturated heterocycles. The van der Waals surface area contributed by atoms with Crippen molar-refractivity contribution < 1.29 is 20.5 Å². The molecule has 0 aliphatic rings. The van der Waals surface area contributed by atoms with Crippen LogP contribution in [0.25, 0.3) is 0 Å². The van der Waals surface area contributed by atoms with E-state index in [0.29, 0.717) is 12.5 Å². The molecule has 0 saturated carbocycles. The van der Waals surface area contributed by atoms with E-state index >= 15 is 0 Å². The second kappa shape index (κ2) is 4.03. The van der Waals surface area contributed by atoms with Crippen LogP contribution in [0.15, 0.2) is 0 Å². The molecule has 0 fully saturated rings. The van der Waals surface area contributed by atoms with E-state index in [-0.39, 0.29) is 29.6 Å². The van der Waals surface area contributed by atoms with Crippen molar-refractivity contribution in [2.45, 2.75) is 0 Å². The quantitative estimate of drug-likeness (QED) is 0.493. The van der Waals surface area contributed by atoms with Crippen LogP contribution in [-0.4, -0.2) is 58.9 Å². The van der Waals surface area contributed by atoms with Gasteiger partial charge in [-0.1, -0.05) is 0 Å². The molecule has 0 heterocycles. The molecule has 58 valence electrons. The van der Waals surface area contributed by atoms with Gasteiger partial charge < -0.3 is 0 Å². The predicted molar refractivity (Wildman–Crippen MR) is 37.9 cm³/mol. The molecule has 0 bridgehead atoms.